The standard InChI is InChI=1S/C26H22ClFN4S/c1-16-8-9-19(14-17(16)2)32-25(24(30-26(32)33)22-6-3-4-12-29-22)23-7-5-13-31(23)18-10-11-21(28)20(27)15-18/h3-15,24-25H,1-2H3,(H,30,33)/t24-,25-/m0/s1. The maximum absolute atomic E-state index is 13.8. The highest BCUT2D eigenvalue weighted by Gasteiger charge is 2.42. The van der Waals surface area contributed by atoms with E-state index in [1.807, 2.05) is 35.0 Å². The lowest BCUT2D eigenvalue weighted by molar-refractivity contribution is 0.549. The van der Waals surface area contributed by atoms with E-state index in [0.717, 1.165) is 22.8 Å². The zero-order valence-electron chi connectivity index (χ0n) is 18.2. The first kappa shape index (κ1) is 21.6. The first-order chi connectivity index (χ1) is 15.9. The Balaban J connectivity index is 1.68. The van der Waals surface area contributed by atoms with Gasteiger partial charge in [-0.15, -0.1) is 0 Å². The van der Waals surface area contributed by atoms with Gasteiger partial charge in [-0.05, 0) is 91.8 Å². The van der Waals surface area contributed by atoms with Gasteiger partial charge in [-0.1, -0.05) is 23.7 Å². The molecule has 0 bridgehead atoms. The van der Waals surface area contributed by atoms with Crippen LogP contribution in [-0.2, 0) is 0 Å². The fourth-order valence-corrected chi connectivity index (χ4v) is 4.83. The number of halogens is 2. The van der Waals surface area contributed by atoms with E-state index in [9.17, 15) is 4.39 Å². The number of benzene rings is 2. The van der Waals surface area contributed by atoms with Gasteiger partial charge in [-0.2, -0.15) is 0 Å². The van der Waals surface area contributed by atoms with Gasteiger partial charge in [0.2, 0.25) is 0 Å². The van der Waals surface area contributed by atoms with Gasteiger partial charge in [0.05, 0.1) is 16.8 Å². The van der Waals surface area contributed by atoms with Crippen molar-refractivity contribution >= 4 is 34.6 Å². The van der Waals surface area contributed by atoms with Gasteiger partial charge in [0.25, 0.3) is 0 Å². The molecule has 2 atom stereocenters. The first-order valence-electron chi connectivity index (χ1n) is 10.6. The number of thiocarbonyl (C=S) groups is 1. The summed E-state index contributed by atoms with van der Waals surface area (Å²) in [6, 6.07) is 20.6. The van der Waals surface area contributed by atoms with Gasteiger partial charge in [0, 0.05) is 29.5 Å². The van der Waals surface area contributed by atoms with Gasteiger partial charge in [0.15, 0.2) is 5.11 Å². The Hall–Kier alpha value is -3.22. The molecule has 1 saturated heterocycles. The molecule has 0 amide bonds. The third-order valence-electron chi connectivity index (χ3n) is 6.13. The minimum atomic E-state index is -0.444. The number of rotatable bonds is 4. The zero-order valence-corrected chi connectivity index (χ0v) is 19.7. The van der Waals surface area contributed by atoms with Gasteiger partial charge in [0.1, 0.15) is 11.9 Å². The number of hydrogen-bond donors (Lipinski definition) is 1. The van der Waals surface area contributed by atoms with Gasteiger partial charge >= 0.3 is 0 Å². The molecule has 0 saturated carbocycles. The van der Waals surface area contributed by atoms with Crippen LogP contribution in [-0.4, -0.2) is 14.7 Å². The van der Waals surface area contributed by atoms with Crippen molar-refractivity contribution in [1.29, 1.82) is 0 Å². The Morgan fingerprint density at radius 3 is 2.52 bits per heavy atom. The number of anilines is 1. The van der Waals surface area contributed by atoms with Crippen LogP contribution in [0.25, 0.3) is 5.69 Å². The van der Waals surface area contributed by atoms with Gasteiger partial charge in [-0.3, -0.25) is 4.98 Å². The lowest BCUT2D eigenvalue weighted by atomic mass is 10.00. The third kappa shape index (κ3) is 3.90. The third-order valence-corrected chi connectivity index (χ3v) is 6.74. The van der Waals surface area contributed by atoms with E-state index in [1.54, 1.807) is 18.3 Å². The Labute approximate surface area is 202 Å². The molecule has 3 heterocycles. The summed E-state index contributed by atoms with van der Waals surface area (Å²) in [5.41, 5.74) is 6.07. The summed E-state index contributed by atoms with van der Waals surface area (Å²) in [4.78, 5) is 6.75. The molecule has 1 N–H and O–H groups in total. The number of nitrogens with zero attached hydrogens (tertiary/aromatic N) is 3. The number of aryl methyl sites for hydroxylation is 2. The average Bonchev–Trinajstić information content (AvgIpc) is 3.42. The van der Waals surface area contributed by atoms with Crippen molar-refractivity contribution in [2.24, 2.45) is 0 Å². The lowest BCUT2D eigenvalue weighted by Crippen LogP contribution is -2.30. The number of aromatic nitrogens is 2. The van der Waals surface area contributed by atoms with E-state index < -0.39 is 5.82 Å². The molecule has 33 heavy (non-hydrogen) atoms. The minimum Gasteiger partial charge on any atom is -0.351 e. The fourth-order valence-electron chi connectivity index (χ4n) is 4.31. The van der Waals surface area contributed by atoms with Crippen LogP contribution in [0.4, 0.5) is 10.1 Å². The average molecular weight is 477 g/mol. The highest BCUT2D eigenvalue weighted by Crippen LogP contribution is 2.42. The van der Waals surface area contributed by atoms with Crippen molar-refractivity contribution in [2.75, 3.05) is 4.90 Å². The second-order valence-electron chi connectivity index (χ2n) is 8.17. The smallest absolute Gasteiger partial charge is 0.174 e. The monoisotopic (exact) mass is 476 g/mol. The highest BCUT2D eigenvalue weighted by atomic mass is 35.5. The second kappa shape index (κ2) is 8.61. The van der Waals surface area contributed by atoms with E-state index in [1.165, 1.54) is 17.2 Å². The molecule has 5 rings (SSSR count). The lowest BCUT2D eigenvalue weighted by Gasteiger charge is -2.29. The van der Waals surface area contributed by atoms with Gasteiger partial charge < -0.3 is 14.8 Å². The summed E-state index contributed by atoms with van der Waals surface area (Å²) in [5.74, 6) is -0.444. The quantitative estimate of drug-likeness (QED) is 0.343. The molecule has 0 aliphatic carbocycles. The van der Waals surface area contributed by atoms with Crippen LogP contribution >= 0.6 is 23.8 Å². The molecule has 0 radical (unpaired) electrons. The molecule has 2 aromatic heterocycles. The SMILES string of the molecule is Cc1ccc(N2C(=S)N[C@@H](c3ccccn3)[C@@H]2c2cccn2-c2ccc(F)c(Cl)c2)cc1C. The normalized spacial score (nSPS) is 17.9. The van der Waals surface area contributed by atoms with Crippen LogP contribution < -0.4 is 10.2 Å². The molecular formula is C26H22ClFN4S. The van der Waals surface area contributed by atoms with Crippen molar-refractivity contribution in [3.05, 3.63) is 112 Å². The molecule has 1 aliphatic heterocycles. The molecule has 0 unspecified atom stereocenters. The van der Waals surface area contributed by atoms with Crippen molar-refractivity contribution < 1.29 is 4.39 Å². The number of hydrogen-bond acceptors (Lipinski definition) is 2. The van der Waals surface area contributed by atoms with Crippen molar-refractivity contribution in [3.8, 4) is 5.69 Å². The summed E-state index contributed by atoms with van der Waals surface area (Å²) in [5, 5.41) is 4.20. The van der Waals surface area contributed by atoms with Crippen LogP contribution in [0, 0.1) is 19.7 Å². The van der Waals surface area contributed by atoms with E-state index >= 15 is 0 Å². The molecule has 4 nitrogen and oxygen atoms in total. The molecular weight excluding hydrogens is 455 g/mol. The highest BCUT2D eigenvalue weighted by molar-refractivity contribution is 7.80. The first-order valence-corrected chi connectivity index (χ1v) is 11.4. The van der Waals surface area contributed by atoms with E-state index in [0.29, 0.717) is 5.11 Å². The summed E-state index contributed by atoms with van der Waals surface area (Å²) in [7, 11) is 0. The van der Waals surface area contributed by atoms with Crippen molar-refractivity contribution in [1.82, 2.24) is 14.9 Å². The summed E-state index contributed by atoms with van der Waals surface area (Å²) in [6.45, 7) is 4.19. The summed E-state index contributed by atoms with van der Waals surface area (Å²) in [6.07, 6.45) is 3.74. The number of pyridine rings is 1. The maximum atomic E-state index is 13.8. The maximum Gasteiger partial charge on any atom is 0.174 e. The molecule has 4 aromatic rings. The van der Waals surface area contributed by atoms with E-state index in [-0.39, 0.29) is 17.1 Å². The summed E-state index contributed by atoms with van der Waals surface area (Å²) >= 11 is 11.9. The summed E-state index contributed by atoms with van der Waals surface area (Å²) < 4.78 is 15.9. The van der Waals surface area contributed by atoms with Crippen molar-refractivity contribution in [3.63, 3.8) is 0 Å². The molecule has 2 aromatic carbocycles. The molecule has 166 valence electrons. The van der Waals surface area contributed by atoms with Crippen LogP contribution in [0.1, 0.15) is 34.6 Å². The van der Waals surface area contributed by atoms with E-state index in [4.69, 9.17) is 23.8 Å². The van der Waals surface area contributed by atoms with E-state index in [2.05, 4.69) is 53.3 Å². The molecule has 0 spiro atoms. The van der Waals surface area contributed by atoms with Crippen LogP contribution in [0.2, 0.25) is 5.02 Å². The Morgan fingerprint density at radius 1 is 0.970 bits per heavy atom. The zero-order chi connectivity index (χ0) is 23.1. The topological polar surface area (TPSA) is 33.1 Å². The Bertz CT molecular complexity index is 1340. The Kier molecular flexibility index (Phi) is 5.64. The molecule has 1 fully saturated rings. The van der Waals surface area contributed by atoms with Crippen LogP contribution in [0.3, 0.4) is 0 Å². The second-order valence-corrected chi connectivity index (χ2v) is 8.96. The Morgan fingerprint density at radius 2 is 1.79 bits per heavy atom. The van der Waals surface area contributed by atoms with Crippen molar-refractivity contribution in [2.45, 2.75) is 25.9 Å². The predicted octanol–water partition coefficient (Wildman–Crippen LogP) is 6.46. The number of nitrogens with one attached hydrogen (secondary N) is 1. The minimum absolute atomic E-state index is 0.0829. The van der Waals surface area contributed by atoms with Gasteiger partial charge in [-0.25, -0.2) is 4.39 Å². The largest absolute Gasteiger partial charge is 0.351 e. The van der Waals surface area contributed by atoms with Crippen LogP contribution in [0.5, 0.6) is 0 Å². The molecule has 1 aliphatic rings. The fraction of sp³-hybridized carbons (Fsp3) is 0.154. The predicted molar refractivity (Wildman–Crippen MR) is 135 cm³/mol. The van der Waals surface area contributed by atoms with Crippen LogP contribution in [0.15, 0.2) is 79.1 Å². The molecule has 7 heteroatoms.